The van der Waals surface area contributed by atoms with Crippen LogP contribution in [0.1, 0.15) is 12.5 Å². The summed E-state index contributed by atoms with van der Waals surface area (Å²) in [7, 11) is 0. The fourth-order valence-corrected chi connectivity index (χ4v) is 2.82. The third-order valence-electron chi connectivity index (χ3n) is 3.95. The molecule has 0 aliphatic carbocycles. The molecule has 1 fully saturated rings. The van der Waals surface area contributed by atoms with E-state index in [0.29, 0.717) is 6.54 Å². The van der Waals surface area contributed by atoms with Crippen molar-refractivity contribution >= 4 is 5.91 Å². The molecule has 0 bridgehead atoms. The Kier molecular flexibility index (Phi) is 5.30. The van der Waals surface area contributed by atoms with Crippen molar-refractivity contribution in [1.29, 1.82) is 0 Å². The second-order valence-corrected chi connectivity index (χ2v) is 5.39. The van der Waals surface area contributed by atoms with Gasteiger partial charge in [-0.3, -0.25) is 9.69 Å². The van der Waals surface area contributed by atoms with Gasteiger partial charge in [-0.1, -0.05) is 30.3 Å². The molecule has 1 aromatic carbocycles. The minimum Gasteiger partial charge on any atom is -0.395 e. The molecule has 4 N–H and O–H groups in total. The van der Waals surface area contributed by atoms with Gasteiger partial charge in [-0.2, -0.15) is 0 Å². The predicted octanol–water partition coefficient (Wildman–Crippen LogP) is -0.910. The SMILES string of the molecule is CC(=O)NC[C@@H]1[C@@H](O)[C@H](O)C(CO)N1Cc1ccccc1. The van der Waals surface area contributed by atoms with Gasteiger partial charge < -0.3 is 20.6 Å². The average Bonchev–Trinajstić information content (AvgIpc) is 2.69. The van der Waals surface area contributed by atoms with Gasteiger partial charge in [0.2, 0.25) is 5.91 Å². The zero-order chi connectivity index (χ0) is 15.4. The molecule has 116 valence electrons. The first kappa shape index (κ1) is 15.9. The number of nitrogens with zero attached hydrogens (tertiary/aromatic N) is 1. The number of likely N-dealkylation sites (tertiary alicyclic amines) is 1. The lowest BCUT2D eigenvalue weighted by atomic mass is 10.1. The van der Waals surface area contributed by atoms with E-state index in [0.717, 1.165) is 5.56 Å². The van der Waals surface area contributed by atoms with Crippen molar-refractivity contribution in [3.05, 3.63) is 35.9 Å². The number of rotatable bonds is 5. The van der Waals surface area contributed by atoms with Crippen LogP contribution >= 0.6 is 0 Å². The molecule has 0 aromatic heterocycles. The highest BCUT2D eigenvalue weighted by atomic mass is 16.3. The van der Waals surface area contributed by atoms with Crippen LogP contribution in [0.15, 0.2) is 30.3 Å². The maximum Gasteiger partial charge on any atom is 0.216 e. The van der Waals surface area contributed by atoms with Crippen LogP contribution in [0.4, 0.5) is 0 Å². The van der Waals surface area contributed by atoms with E-state index in [4.69, 9.17) is 0 Å². The largest absolute Gasteiger partial charge is 0.395 e. The summed E-state index contributed by atoms with van der Waals surface area (Å²) in [4.78, 5) is 12.9. The molecule has 0 spiro atoms. The van der Waals surface area contributed by atoms with Crippen LogP contribution < -0.4 is 5.32 Å². The topological polar surface area (TPSA) is 93.0 Å². The zero-order valence-electron chi connectivity index (χ0n) is 12.0. The van der Waals surface area contributed by atoms with Gasteiger partial charge in [-0.25, -0.2) is 0 Å². The summed E-state index contributed by atoms with van der Waals surface area (Å²) in [6.07, 6.45) is -2.03. The van der Waals surface area contributed by atoms with Crippen molar-refractivity contribution in [2.45, 2.75) is 37.8 Å². The molecule has 6 nitrogen and oxygen atoms in total. The van der Waals surface area contributed by atoms with Gasteiger partial charge in [0, 0.05) is 20.0 Å². The molecule has 1 heterocycles. The van der Waals surface area contributed by atoms with Gasteiger partial charge in [-0.05, 0) is 5.56 Å². The highest BCUT2D eigenvalue weighted by molar-refractivity contribution is 5.72. The van der Waals surface area contributed by atoms with Gasteiger partial charge in [-0.15, -0.1) is 0 Å². The third-order valence-corrected chi connectivity index (χ3v) is 3.95. The number of amides is 1. The number of carbonyl (C=O) groups is 1. The Morgan fingerprint density at radius 2 is 1.81 bits per heavy atom. The molecule has 1 aromatic rings. The molecule has 1 aliphatic rings. The van der Waals surface area contributed by atoms with Gasteiger partial charge in [0.1, 0.15) is 0 Å². The lowest BCUT2D eigenvalue weighted by Crippen LogP contribution is -2.46. The van der Waals surface area contributed by atoms with Crippen LogP contribution in [0.25, 0.3) is 0 Å². The Morgan fingerprint density at radius 3 is 2.38 bits per heavy atom. The molecular weight excluding hydrogens is 272 g/mol. The van der Waals surface area contributed by atoms with E-state index in [-0.39, 0.29) is 19.1 Å². The van der Waals surface area contributed by atoms with Crippen LogP contribution in [0.2, 0.25) is 0 Å². The Morgan fingerprint density at radius 1 is 1.19 bits per heavy atom. The molecule has 6 heteroatoms. The number of benzene rings is 1. The van der Waals surface area contributed by atoms with Gasteiger partial charge in [0.15, 0.2) is 0 Å². The number of carbonyl (C=O) groups excluding carboxylic acids is 1. The summed E-state index contributed by atoms with van der Waals surface area (Å²) in [6, 6.07) is 8.65. The zero-order valence-corrected chi connectivity index (χ0v) is 12.0. The van der Waals surface area contributed by atoms with E-state index in [1.165, 1.54) is 6.92 Å². The Hall–Kier alpha value is -1.47. The van der Waals surface area contributed by atoms with Crippen LogP contribution in [0.5, 0.6) is 0 Å². The standard InChI is InChI=1S/C15H22N2O4/c1-10(19)16-7-12-14(20)15(21)13(9-18)17(12)8-11-5-3-2-4-6-11/h2-6,12-15,18,20-21H,7-9H2,1H3,(H,16,19)/t12-,13?,14-,15-/m1/s1. The fraction of sp³-hybridized carbons (Fsp3) is 0.533. The molecule has 1 aliphatic heterocycles. The molecule has 1 amide bonds. The quantitative estimate of drug-likeness (QED) is 0.564. The number of nitrogens with one attached hydrogen (secondary N) is 1. The summed E-state index contributed by atoms with van der Waals surface area (Å²) in [6.45, 7) is 1.88. The maximum absolute atomic E-state index is 11.1. The van der Waals surface area contributed by atoms with Crippen molar-refractivity contribution in [3.63, 3.8) is 0 Å². The first-order valence-corrected chi connectivity index (χ1v) is 7.05. The van der Waals surface area contributed by atoms with Crippen molar-refractivity contribution in [3.8, 4) is 0 Å². The average molecular weight is 294 g/mol. The van der Waals surface area contributed by atoms with Crippen molar-refractivity contribution in [1.82, 2.24) is 10.2 Å². The summed E-state index contributed by atoms with van der Waals surface area (Å²) in [5.41, 5.74) is 1.02. The van der Waals surface area contributed by atoms with Crippen LogP contribution in [0.3, 0.4) is 0 Å². The van der Waals surface area contributed by atoms with Crippen LogP contribution in [0, 0.1) is 0 Å². The minimum atomic E-state index is -1.03. The molecular formula is C15H22N2O4. The second-order valence-electron chi connectivity index (χ2n) is 5.39. The van der Waals surface area contributed by atoms with Crippen LogP contribution in [-0.4, -0.2) is 63.6 Å². The smallest absolute Gasteiger partial charge is 0.216 e. The van der Waals surface area contributed by atoms with Crippen molar-refractivity contribution < 1.29 is 20.1 Å². The van der Waals surface area contributed by atoms with Gasteiger partial charge in [0.25, 0.3) is 0 Å². The molecule has 0 saturated carbocycles. The second kappa shape index (κ2) is 7.00. The van der Waals surface area contributed by atoms with E-state index in [1.807, 2.05) is 35.2 Å². The Balaban J connectivity index is 2.16. The summed E-state index contributed by atoms with van der Waals surface area (Å²) in [5.74, 6) is -0.191. The van der Waals surface area contributed by atoms with E-state index in [1.54, 1.807) is 0 Å². The fourth-order valence-electron chi connectivity index (χ4n) is 2.82. The van der Waals surface area contributed by atoms with Crippen molar-refractivity contribution in [2.75, 3.05) is 13.2 Å². The molecule has 2 rings (SSSR count). The van der Waals surface area contributed by atoms with E-state index in [2.05, 4.69) is 5.32 Å². The molecule has 21 heavy (non-hydrogen) atoms. The predicted molar refractivity (Wildman–Crippen MR) is 77.3 cm³/mol. The molecule has 0 radical (unpaired) electrons. The van der Waals surface area contributed by atoms with E-state index < -0.39 is 24.3 Å². The normalized spacial score (nSPS) is 29.5. The Bertz CT molecular complexity index is 468. The number of hydrogen-bond donors (Lipinski definition) is 4. The lowest BCUT2D eigenvalue weighted by molar-refractivity contribution is -0.119. The molecule has 4 atom stereocenters. The summed E-state index contributed by atoms with van der Waals surface area (Å²) in [5, 5.41) is 32.4. The maximum atomic E-state index is 11.1. The van der Waals surface area contributed by atoms with Crippen LogP contribution in [-0.2, 0) is 11.3 Å². The highest BCUT2D eigenvalue weighted by Crippen LogP contribution is 2.27. The third kappa shape index (κ3) is 3.59. The van der Waals surface area contributed by atoms with Gasteiger partial charge >= 0.3 is 0 Å². The minimum absolute atomic E-state index is 0.191. The van der Waals surface area contributed by atoms with E-state index in [9.17, 15) is 20.1 Å². The number of hydrogen-bond acceptors (Lipinski definition) is 5. The monoisotopic (exact) mass is 294 g/mol. The van der Waals surface area contributed by atoms with Crippen molar-refractivity contribution in [2.24, 2.45) is 0 Å². The highest BCUT2D eigenvalue weighted by Gasteiger charge is 2.46. The number of aliphatic hydroxyl groups is 3. The summed E-state index contributed by atoms with van der Waals surface area (Å²) < 4.78 is 0. The summed E-state index contributed by atoms with van der Waals surface area (Å²) >= 11 is 0. The van der Waals surface area contributed by atoms with E-state index >= 15 is 0 Å². The number of aliphatic hydroxyl groups excluding tert-OH is 3. The first-order chi connectivity index (χ1) is 10.0. The lowest BCUT2D eigenvalue weighted by Gasteiger charge is -2.29. The first-order valence-electron chi connectivity index (χ1n) is 7.05. The molecule has 1 unspecified atom stereocenters. The Labute approximate surface area is 124 Å². The van der Waals surface area contributed by atoms with Gasteiger partial charge in [0.05, 0.1) is 30.9 Å². The molecule has 1 saturated heterocycles.